The van der Waals surface area contributed by atoms with Crippen LogP contribution in [0, 0.1) is 11.8 Å². The maximum absolute atomic E-state index is 14.2. The zero-order chi connectivity index (χ0) is 36.4. The van der Waals surface area contributed by atoms with Crippen molar-refractivity contribution in [3.05, 3.63) is 46.6 Å². The summed E-state index contributed by atoms with van der Waals surface area (Å²) >= 11 is 6.04. The number of nitrogens with one attached hydrogen (secondary N) is 3. The molecule has 3 heterocycles. The monoisotopic (exact) mass is 748 g/mol. The predicted molar refractivity (Wildman–Crippen MR) is 192 cm³/mol. The first-order valence-corrected chi connectivity index (χ1v) is 20.8. The van der Waals surface area contributed by atoms with Crippen LogP contribution in [0.5, 0.6) is 0 Å². The molecule has 1 saturated carbocycles. The molecule has 15 heteroatoms. The molecule has 3 N–H and O–H groups in total. The summed E-state index contributed by atoms with van der Waals surface area (Å²) in [6.45, 7) is 3.85. The topological polar surface area (TPSA) is 173 Å². The van der Waals surface area contributed by atoms with Crippen molar-refractivity contribution >= 4 is 39.2 Å². The molecule has 2 saturated heterocycles. The van der Waals surface area contributed by atoms with Crippen molar-refractivity contribution in [1.29, 1.82) is 0 Å². The summed E-state index contributed by atoms with van der Waals surface area (Å²) in [5.41, 5.74) is 0.874. The minimum atomic E-state index is -3.75. The third kappa shape index (κ3) is 11.8. The van der Waals surface area contributed by atoms with E-state index in [1.807, 2.05) is 12.1 Å². The van der Waals surface area contributed by atoms with Gasteiger partial charge in [0.25, 0.3) is 0 Å². The van der Waals surface area contributed by atoms with Crippen LogP contribution in [0.25, 0.3) is 0 Å². The lowest BCUT2D eigenvalue weighted by molar-refractivity contribution is -0.140. The van der Waals surface area contributed by atoms with Gasteiger partial charge in [-0.15, -0.1) is 0 Å². The van der Waals surface area contributed by atoms with Crippen LogP contribution in [0.2, 0.25) is 5.02 Å². The third-order valence-corrected chi connectivity index (χ3v) is 11.4. The molecule has 4 atom stereocenters. The minimum Gasteiger partial charge on any atom is -0.372 e. The largest absolute Gasteiger partial charge is 0.372 e. The van der Waals surface area contributed by atoms with Gasteiger partial charge in [-0.2, -0.15) is 4.98 Å². The summed E-state index contributed by atoms with van der Waals surface area (Å²) in [7, 11) is -3.75. The highest BCUT2D eigenvalue weighted by atomic mass is 35.5. The Morgan fingerprint density at radius 2 is 1.75 bits per heavy atom. The van der Waals surface area contributed by atoms with Crippen LogP contribution in [0.15, 0.2) is 28.8 Å². The van der Waals surface area contributed by atoms with Crippen molar-refractivity contribution in [1.82, 2.24) is 30.4 Å². The molecule has 5 rings (SSSR count). The number of rotatable bonds is 17. The number of Topliss-reactive ketones (excluding diaryl/α,β-unsaturated/α-hetero) is 1. The molecule has 0 radical (unpaired) electrons. The van der Waals surface area contributed by atoms with Crippen LogP contribution >= 0.6 is 11.6 Å². The Hall–Kier alpha value is -2.91. The molecule has 1 aromatic heterocycles. The highest BCUT2D eigenvalue weighted by molar-refractivity contribution is 7.88. The van der Waals surface area contributed by atoms with Crippen LogP contribution in [-0.2, 0) is 37.4 Å². The van der Waals surface area contributed by atoms with Crippen LogP contribution < -0.4 is 15.4 Å². The number of ether oxygens (including phenoxy) is 1. The summed E-state index contributed by atoms with van der Waals surface area (Å²) in [5, 5.41) is 10.7. The van der Waals surface area contributed by atoms with Gasteiger partial charge in [-0.1, -0.05) is 67.9 Å². The first-order valence-electron chi connectivity index (χ1n) is 18.5. The molecule has 3 fully saturated rings. The molecule has 1 aromatic carbocycles. The summed E-state index contributed by atoms with van der Waals surface area (Å²) in [4.78, 5) is 47.5. The molecule has 282 valence electrons. The number of ketones is 1. The second-order valence-electron chi connectivity index (χ2n) is 14.4. The number of likely N-dealkylation sites (tertiary alicyclic amines) is 1. The Morgan fingerprint density at radius 3 is 2.43 bits per heavy atom. The zero-order valence-electron chi connectivity index (χ0n) is 29.8. The second-order valence-corrected chi connectivity index (χ2v) is 16.6. The molecule has 0 spiro atoms. The van der Waals surface area contributed by atoms with Gasteiger partial charge in [0, 0.05) is 24.4 Å². The van der Waals surface area contributed by atoms with Gasteiger partial charge >= 0.3 is 0 Å². The highest BCUT2D eigenvalue weighted by Crippen LogP contribution is 2.28. The molecular formula is C36H53ClN6O7S. The van der Waals surface area contributed by atoms with E-state index in [1.165, 1.54) is 37.0 Å². The van der Waals surface area contributed by atoms with Crippen LogP contribution in [0.4, 0.5) is 0 Å². The Bertz CT molecular complexity index is 1560. The van der Waals surface area contributed by atoms with E-state index < -0.39 is 51.9 Å². The van der Waals surface area contributed by atoms with Crippen molar-refractivity contribution in [2.75, 3.05) is 25.9 Å². The first-order chi connectivity index (χ1) is 24.5. The van der Waals surface area contributed by atoms with Gasteiger partial charge in [-0.3, -0.25) is 14.4 Å². The molecule has 13 nitrogen and oxygen atoms in total. The van der Waals surface area contributed by atoms with Crippen LogP contribution in [0.1, 0.15) is 106 Å². The fraction of sp³-hybridized carbons (Fsp3) is 0.694. The molecular weight excluding hydrogens is 696 g/mol. The minimum absolute atomic E-state index is 0.0831. The summed E-state index contributed by atoms with van der Waals surface area (Å²) in [5.74, 6) is -0.174. The quantitative estimate of drug-likeness (QED) is 0.199. The predicted octanol–water partition coefficient (Wildman–Crippen LogP) is 4.20. The van der Waals surface area contributed by atoms with Crippen molar-refractivity contribution in [3.8, 4) is 0 Å². The summed E-state index contributed by atoms with van der Waals surface area (Å²) in [6, 6.07) is 4.22. The number of nitrogens with zero attached hydrogens (tertiary/aromatic N) is 3. The Labute approximate surface area is 306 Å². The fourth-order valence-corrected chi connectivity index (χ4v) is 8.37. The Morgan fingerprint density at radius 1 is 1.04 bits per heavy atom. The van der Waals surface area contributed by atoms with E-state index in [1.54, 1.807) is 19.1 Å². The van der Waals surface area contributed by atoms with E-state index in [9.17, 15) is 22.8 Å². The van der Waals surface area contributed by atoms with Gasteiger partial charge in [0.2, 0.25) is 39.3 Å². The molecule has 1 aliphatic carbocycles. The number of amides is 2. The molecule has 51 heavy (non-hydrogen) atoms. The normalized spacial score (nSPS) is 21.7. The van der Waals surface area contributed by atoms with E-state index in [-0.39, 0.29) is 31.8 Å². The number of sulfonamides is 1. The standard InChI is InChI=1S/C36H53ClN6O7S/c1-3-29(33(44)34-40-32(50-41-34)16-12-24-7-5-4-6-8-24)39-35(45)31-21-28(49-23-26-9-13-27(37)14-10-26)22-43(31)36(46)30(42-51(2,47)48)15-11-25-17-19-38-20-18-25/h9-10,13-14,24-25,28-31,38,42H,3-8,11-12,15-23H2,1-2H3,(H,39,45)/t28-,29+,30-,31+/m1/s1. The smallest absolute Gasteiger partial charge is 0.243 e. The molecule has 0 unspecified atom stereocenters. The molecule has 2 amide bonds. The third-order valence-electron chi connectivity index (χ3n) is 10.4. The zero-order valence-corrected chi connectivity index (χ0v) is 31.4. The molecule has 0 bridgehead atoms. The van der Waals surface area contributed by atoms with Crippen molar-refractivity contribution in [3.63, 3.8) is 0 Å². The summed E-state index contributed by atoms with van der Waals surface area (Å²) < 4.78 is 39.0. The SMILES string of the molecule is CC[C@H](NC(=O)[C@@H]1C[C@@H](OCc2ccc(Cl)cc2)CN1C(=O)[C@@H](CCC1CCNCC1)NS(C)(=O)=O)C(=O)c1noc(CCC2CCCCC2)n1. The number of carbonyl (C=O) groups excluding carboxylic acids is 3. The van der Waals surface area contributed by atoms with Gasteiger partial charge in [0.15, 0.2) is 0 Å². The van der Waals surface area contributed by atoms with Crippen molar-refractivity contribution < 1.29 is 32.1 Å². The van der Waals surface area contributed by atoms with Crippen molar-refractivity contribution in [2.45, 2.75) is 121 Å². The van der Waals surface area contributed by atoms with E-state index in [0.717, 1.165) is 44.2 Å². The van der Waals surface area contributed by atoms with Crippen molar-refractivity contribution in [2.24, 2.45) is 11.8 Å². The van der Waals surface area contributed by atoms with E-state index in [0.29, 0.717) is 42.0 Å². The lowest BCUT2D eigenvalue weighted by atomic mass is 9.86. The average molecular weight is 749 g/mol. The van der Waals surface area contributed by atoms with Gasteiger partial charge in [-0.25, -0.2) is 13.1 Å². The molecule has 3 aliphatic rings. The van der Waals surface area contributed by atoms with Gasteiger partial charge in [0.05, 0.1) is 25.0 Å². The first kappa shape index (κ1) is 39.3. The van der Waals surface area contributed by atoms with Crippen LogP contribution in [0.3, 0.4) is 0 Å². The number of aryl methyl sites for hydroxylation is 1. The van der Waals surface area contributed by atoms with Gasteiger partial charge in [0.1, 0.15) is 12.1 Å². The maximum Gasteiger partial charge on any atom is 0.243 e. The number of aromatic nitrogens is 2. The second kappa shape index (κ2) is 18.7. The summed E-state index contributed by atoms with van der Waals surface area (Å²) in [6.07, 6.45) is 11.5. The van der Waals surface area contributed by atoms with E-state index in [2.05, 4.69) is 25.5 Å². The Kier molecular flexibility index (Phi) is 14.4. The van der Waals surface area contributed by atoms with Crippen LogP contribution in [-0.4, -0.2) is 91.2 Å². The number of benzene rings is 1. The average Bonchev–Trinajstić information content (AvgIpc) is 3.79. The molecule has 2 aliphatic heterocycles. The Balaban J connectivity index is 1.28. The van der Waals surface area contributed by atoms with Gasteiger partial charge in [-0.05, 0) is 81.1 Å². The fourth-order valence-electron chi connectivity index (χ4n) is 7.51. The van der Waals surface area contributed by atoms with Gasteiger partial charge < -0.3 is 24.8 Å². The lowest BCUT2D eigenvalue weighted by Gasteiger charge is -2.30. The number of piperidine rings is 1. The number of carbonyl (C=O) groups is 3. The highest BCUT2D eigenvalue weighted by Gasteiger charge is 2.43. The lowest BCUT2D eigenvalue weighted by Crippen LogP contribution is -2.55. The maximum atomic E-state index is 14.2. The number of hydrogen-bond donors (Lipinski definition) is 3. The number of hydrogen-bond acceptors (Lipinski definition) is 10. The van der Waals surface area contributed by atoms with E-state index >= 15 is 0 Å². The van der Waals surface area contributed by atoms with E-state index in [4.69, 9.17) is 20.9 Å². The molecule has 2 aromatic rings. The number of halogens is 1.